The number of aromatic nitrogens is 1. The molecule has 7 heteroatoms. The summed E-state index contributed by atoms with van der Waals surface area (Å²) in [4.78, 5) is 28.2. The summed E-state index contributed by atoms with van der Waals surface area (Å²) in [6.45, 7) is 0. The van der Waals surface area contributed by atoms with Crippen molar-refractivity contribution in [3.05, 3.63) is 11.6 Å². The molecular weight excluding hydrogens is 228 g/mol. The van der Waals surface area contributed by atoms with Gasteiger partial charge in [-0.05, 0) is 0 Å². The van der Waals surface area contributed by atoms with Gasteiger partial charge in [0.05, 0.1) is 0 Å². The van der Waals surface area contributed by atoms with E-state index in [-0.39, 0.29) is 11.8 Å². The van der Waals surface area contributed by atoms with Crippen LogP contribution in [0.5, 0.6) is 0 Å². The van der Waals surface area contributed by atoms with E-state index in [2.05, 4.69) is 15.5 Å². The van der Waals surface area contributed by atoms with Gasteiger partial charge in [0.15, 0.2) is 5.13 Å². The van der Waals surface area contributed by atoms with Crippen molar-refractivity contribution in [1.82, 2.24) is 10.4 Å². The number of carbonyl (C=O) groups excluding carboxylic acids is 2. The van der Waals surface area contributed by atoms with Gasteiger partial charge in [-0.2, -0.15) is 5.10 Å². The molecule has 0 spiro atoms. The predicted molar refractivity (Wildman–Crippen MR) is 60.3 cm³/mol. The van der Waals surface area contributed by atoms with Crippen molar-refractivity contribution in [2.45, 2.75) is 12.8 Å². The third-order valence-electron chi connectivity index (χ3n) is 2.16. The minimum absolute atomic E-state index is 0.159. The lowest BCUT2D eigenvalue weighted by atomic mass is 10.1. The number of anilines is 1. The summed E-state index contributed by atoms with van der Waals surface area (Å²) < 4.78 is 0. The van der Waals surface area contributed by atoms with Crippen molar-refractivity contribution >= 4 is 34.0 Å². The van der Waals surface area contributed by atoms with Gasteiger partial charge in [-0.3, -0.25) is 14.5 Å². The van der Waals surface area contributed by atoms with Crippen LogP contribution in [0.15, 0.2) is 16.7 Å². The first-order chi connectivity index (χ1) is 7.68. The number of nitrogens with zero attached hydrogens (tertiary/aromatic N) is 3. The third kappa shape index (κ3) is 2.08. The van der Waals surface area contributed by atoms with E-state index in [1.165, 1.54) is 16.2 Å². The molecule has 1 aliphatic heterocycles. The molecule has 2 amide bonds. The molecule has 16 heavy (non-hydrogen) atoms. The molecular formula is C9H10N4O2S. The second-order valence-electron chi connectivity index (χ2n) is 3.27. The lowest BCUT2D eigenvalue weighted by Crippen LogP contribution is -2.38. The maximum absolute atomic E-state index is 11.9. The van der Waals surface area contributed by atoms with Crippen LogP contribution < -0.4 is 10.3 Å². The number of hydrazone groups is 1. The molecule has 0 saturated heterocycles. The zero-order chi connectivity index (χ0) is 11.5. The van der Waals surface area contributed by atoms with Gasteiger partial charge in [-0.15, -0.1) is 11.3 Å². The third-order valence-corrected chi connectivity index (χ3v) is 3.01. The summed E-state index contributed by atoms with van der Waals surface area (Å²) in [5.41, 5.74) is 2.66. The Morgan fingerprint density at radius 1 is 1.56 bits per heavy atom. The van der Waals surface area contributed by atoms with Gasteiger partial charge in [0.25, 0.3) is 5.91 Å². The smallest absolute Gasteiger partial charge is 0.276 e. The first-order valence-electron chi connectivity index (χ1n) is 4.71. The van der Waals surface area contributed by atoms with Gasteiger partial charge < -0.3 is 0 Å². The normalized spacial score (nSPS) is 15.3. The van der Waals surface area contributed by atoms with Crippen molar-refractivity contribution in [2.24, 2.45) is 5.10 Å². The minimum atomic E-state index is -0.227. The number of hydrogen-bond donors (Lipinski definition) is 1. The van der Waals surface area contributed by atoms with E-state index < -0.39 is 0 Å². The Hall–Kier alpha value is -1.76. The number of thiazole rings is 1. The predicted octanol–water partition coefficient (Wildman–Crippen LogP) is 0.372. The summed E-state index contributed by atoms with van der Waals surface area (Å²) in [7, 11) is 1.64. The van der Waals surface area contributed by atoms with Crippen LogP contribution in [0.4, 0.5) is 5.13 Å². The van der Waals surface area contributed by atoms with Crippen molar-refractivity contribution in [3.63, 3.8) is 0 Å². The van der Waals surface area contributed by atoms with Gasteiger partial charge in [0, 0.05) is 31.5 Å². The van der Waals surface area contributed by atoms with E-state index in [0.717, 1.165) is 0 Å². The highest BCUT2D eigenvalue weighted by Crippen LogP contribution is 2.16. The molecule has 1 aliphatic rings. The number of amides is 2. The molecule has 0 atom stereocenters. The Bertz CT molecular complexity index is 440. The maximum atomic E-state index is 11.9. The molecule has 2 rings (SSSR count). The van der Waals surface area contributed by atoms with Crippen molar-refractivity contribution < 1.29 is 9.59 Å². The number of hydrogen-bond acceptors (Lipinski definition) is 5. The van der Waals surface area contributed by atoms with Gasteiger partial charge in [0.1, 0.15) is 5.71 Å². The average molecular weight is 238 g/mol. The summed E-state index contributed by atoms with van der Waals surface area (Å²) in [5.74, 6) is -0.386. The molecule has 0 fully saturated rings. The van der Waals surface area contributed by atoms with Gasteiger partial charge in [0.2, 0.25) is 5.91 Å². The molecule has 1 aromatic rings. The first kappa shape index (κ1) is 10.7. The number of nitrogens with one attached hydrogen (secondary N) is 1. The van der Waals surface area contributed by atoms with Gasteiger partial charge in [-0.25, -0.2) is 10.4 Å². The largest absolute Gasteiger partial charge is 0.286 e. The topological polar surface area (TPSA) is 74.7 Å². The highest BCUT2D eigenvalue weighted by Gasteiger charge is 2.23. The van der Waals surface area contributed by atoms with Crippen molar-refractivity contribution in [1.29, 1.82) is 0 Å². The zero-order valence-corrected chi connectivity index (χ0v) is 9.45. The highest BCUT2D eigenvalue weighted by atomic mass is 32.1. The summed E-state index contributed by atoms with van der Waals surface area (Å²) in [6.07, 6.45) is 2.31. The summed E-state index contributed by atoms with van der Waals surface area (Å²) >= 11 is 1.38. The standard InChI is InChI=1S/C9H10N4O2S/c1-13(9-10-4-5-16-9)8(15)6-2-3-7(14)12-11-6/h4-5H,2-3H2,1H3,(H,12,14). The molecule has 2 heterocycles. The molecule has 1 N–H and O–H groups in total. The molecule has 0 bridgehead atoms. The van der Waals surface area contributed by atoms with Crippen LogP contribution in [0.3, 0.4) is 0 Å². The number of rotatable bonds is 2. The second-order valence-corrected chi connectivity index (χ2v) is 4.15. The van der Waals surface area contributed by atoms with Crippen LogP contribution in [-0.2, 0) is 9.59 Å². The molecule has 0 aliphatic carbocycles. The Kier molecular flexibility index (Phi) is 2.95. The minimum Gasteiger partial charge on any atom is -0.286 e. The fourth-order valence-corrected chi connectivity index (χ4v) is 1.90. The first-order valence-corrected chi connectivity index (χ1v) is 5.59. The summed E-state index contributed by atoms with van der Waals surface area (Å²) in [6, 6.07) is 0. The zero-order valence-electron chi connectivity index (χ0n) is 8.64. The average Bonchev–Trinajstić information content (AvgIpc) is 2.81. The molecule has 1 aromatic heterocycles. The second kappa shape index (κ2) is 4.40. The maximum Gasteiger partial charge on any atom is 0.276 e. The number of carbonyl (C=O) groups is 2. The Morgan fingerprint density at radius 3 is 2.94 bits per heavy atom. The van der Waals surface area contributed by atoms with E-state index in [4.69, 9.17) is 0 Å². The molecule has 0 radical (unpaired) electrons. The Labute approximate surface area is 96.0 Å². The molecule has 84 valence electrons. The van der Waals surface area contributed by atoms with Crippen LogP contribution in [0, 0.1) is 0 Å². The van der Waals surface area contributed by atoms with E-state index in [9.17, 15) is 9.59 Å². The molecule has 0 aromatic carbocycles. The van der Waals surface area contributed by atoms with E-state index in [1.54, 1.807) is 18.6 Å². The lowest BCUT2D eigenvalue weighted by molar-refractivity contribution is -0.121. The summed E-state index contributed by atoms with van der Waals surface area (Å²) in [5, 5.41) is 6.15. The molecule has 0 saturated carbocycles. The fourth-order valence-electron chi connectivity index (χ4n) is 1.29. The highest BCUT2D eigenvalue weighted by molar-refractivity contribution is 7.13. The quantitative estimate of drug-likeness (QED) is 0.809. The van der Waals surface area contributed by atoms with Crippen LogP contribution in [0.25, 0.3) is 0 Å². The lowest BCUT2D eigenvalue weighted by Gasteiger charge is -2.17. The van der Waals surface area contributed by atoms with Gasteiger partial charge in [-0.1, -0.05) is 0 Å². The molecule has 6 nitrogen and oxygen atoms in total. The molecule has 0 unspecified atom stereocenters. The SMILES string of the molecule is CN(C(=O)C1=NNC(=O)CC1)c1nccs1. The van der Waals surface area contributed by atoms with Gasteiger partial charge >= 0.3 is 0 Å². The van der Waals surface area contributed by atoms with Crippen LogP contribution in [-0.4, -0.2) is 29.6 Å². The van der Waals surface area contributed by atoms with Crippen LogP contribution >= 0.6 is 11.3 Å². The van der Waals surface area contributed by atoms with Crippen LogP contribution in [0.1, 0.15) is 12.8 Å². The van der Waals surface area contributed by atoms with E-state index >= 15 is 0 Å². The van der Waals surface area contributed by atoms with Crippen molar-refractivity contribution in [2.75, 3.05) is 11.9 Å². The van der Waals surface area contributed by atoms with Crippen molar-refractivity contribution in [3.8, 4) is 0 Å². The Morgan fingerprint density at radius 2 is 2.38 bits per heavy atom. The monoisotopic (exact) mass is 238 g/mol. The van der Waals surface area contributed by atoms with E-state index in [0.29, 0.717) is 23.7 Å². The fraction of sp³-hybridized carbons (Fsp3) is 0.333. The Balaban J connectivity index is 2.11. The van der Waals surface area contributed by atoms with Crippen LogP contribution in [0.2, 0.25) is 0 Å². The van der Waals surface area contributed by atoms with E-state index in [1.807, 2.05) is 0 Å².